The van der Waals surface area contributed by atoms with Crippen molar-refractivity contribution in [3.8, 4) is 0 Å². The van der Waals surface area contributed by atoms with Crippen molar-refractivity contribution in [2.75, 3.05) is 6.54 Å². The van der Waals surface area contributed by atoms with Crippen LogP contribution in [0.15, 0.2) is 18.2 Å². The molecule has 1 saturated carbocycles. The van der Waals surface area contributed by atoms with Crippen LogP contribution in [0.25, 0.3) is 0 Å². The molecule has 0 saturated heterocycles. The molecule has 1 unspecified atom stereocenters. The first-order chi connectivity index (χ1) is 9.61. The maximum absolute atomic E-state index is 13.3. The lowest BCUT2D eigenvalue weighted by Crippen LogP contribution is -2.31. The third-order valence-corrected chi connectivity index (χ3v) is 4.77. The molecule has 2 rings (SSSR count). The van der Waals surface area contributed by atoms with Crippen molar-refractivity contribution in [1.29, 1.82) is 0 Å². The van der Waals surface area contributed by atoms with E-state index in [0.29, 0.717) is 10.9 Å². The Morgan fingerprint density at radius 3 is 2.60 bits per heavy atom. The van der Waals surface area contributed by atoms with Crippen LogP contribution in [0.2, 0.25) is 5.02 Å². The molecule has 1 fully saturated rings. The Morgan fingerprint density at radius 2 is 2.00 bits per heavy atom. The molecule has 20 heavy (non-hydrogen) atoms. The van der Waals surface area contributed by atoms with Gasteiger partial charge in [0.05, 0.1) is 0 Å². The predicted octanol–water partition coefficient (Wildman–Crippen LogP) is 5.35. The summed E-state index contributed by atoms with van der Waals surface area (Å²) in [5.41, 5.74) is 1.06. The highest BCUT2D eigenvalue weighted by Gasteiger charge is 2.28. The average Bonchev–Trinajstić information content (AvgIpc) is 2.42. The van der Waals surface area contributed by atoms with E-state index in [1.807, 2.05) is 6.07 Å². The quantitative estimate of drug-likeness (QED) is 0.773. The van der Waals surface area contributed by atoms with Crippen LogP contribution in [0.1, 0.15) is 57.6 Å². The maximum atomic E-state index is 13.3. The van der Waals surface area contributed by atoms with Crippen LogP contribution in [0.5, 0.6) is 0 Å². The molecule has 0 aromatic heterocycles. The van der Waals surface area contributed by atoms with E-state index in [2.05, 4.69) is 19.2 Å². The van der Waals surface area contributed by atoms with Gasteiger partial charge in [0.2, 0.25) is 0 Å². The van der Waals surface area contributed by atoms with Crippen LogP contribution in [-0.2, 0) is 0 Å². The minimum Gasteiger partial charge on any atom is -0.310 e. The highest BCUT2D eigenvalue weighted by atomic mass is 35.5. The molecule has 112 valence electrons. The summed E-state index contributed by atoms with van der Waals surface area (Å²) in [7, 11) is 0. The van der Waals surface area contributed by atoms with Gasteiger partial charge in [-0.3, -0.25) is 0 Å². The molecule has 1 nitrogen and oxygen atoms in total. The van der Waals surface area contributed by atoms with E-state index >= 15 is 0 Å². The third kappa shape index (κ3) is 3.95. The van der Waals surface area contributed by atoms with E-state index in [9.17, 15) is 4.39 Å². The van der Waals surface area contributed by atoms with Crippen LogP contribution in [0, 0.1) is 17.7 Å². The molecule has 1 aromatic carbocycles. The highest BCUT2D eigenvalue weighted by molar-refractivity contribution is 6.31. The van der Waals surface area contributed by atoms with Crippen LogP contribution in [0.3, 0.4) is 0 Å². The standard InChI is InChI=1S/C17H25ClFN/c1-3-10-20-17(13-6-4-12(2)5-7-13)15-9-8-14(19)11-16(15)18/h8-9,11-13,17,20H,3-7,10H2,1-2H3. The molecular weight excluding hydrogens is 273 g/mol. The molecule has 1 N–H and O–H groups in total. The summed E-state index contributed by atoms with van der Waals surface area (Å²) in [4.78, 5) is 0. The van der Waals surface area contributed by atoms with E-state index in [1.165, 1.54) is 37.8 Å². The number of halogens is 2. The van der Waals surface area contributed by atoms with Gasteiger partial charge in [0, 0.05) is 11.1 Å². The zero-order chi connectivity index (χ0) is 14.5. The largest absolute Gasteiger partial charge is 0.310 e. The molecule has 1 atom stereocenters. The molecule has 3 heteroatoms. The number of hydrogen-bond donors (Lipinski definition) is 1. The summed E-state index contributed by atoms with van der Waals surface area (Å²) in [6, 6.07) is 5.06. The van der Waals surface area contributed by atoms with Gasteiger partial charge in [-0.05, 0) is 55.3 Å². The molecule has 0 aliphatic heterocycles. The molecule has 0 amide bonds. The summed E-state index contributed by atoms with van der Waals surface area (Å²) in [5, 5.41) is 4.18. The first kappa shape index (κ1) is 15.8. The minimum atomic E-state index is -0.259. The third-order valence-electron chi connectivity index (χ3n) is 4.44. The van der Waals surface area contributed by atoms with E-state index in [-0.39, 0.29) is 11.9 Å². The van der Waals surface area contributed by atoms with Gasteiger partial charge in [0.1, 0.15) is 5.82 Å². The van der Waals surface area contributed by atoms with Gasteiger partial charge in [-0.25, -0.2) is 4.39 Å². The molecule has 0 heterocycles. The number of rotatable bonds is 5. The van der Waals surface area contributed by atoms with Crippen molar-refractivity contribution in [2.24, 2.45) is 11.8 Å². The Bertz CT molecular complexity index is 427. The Hall–Kier alpha value is -0.600. The van der Waals surface area contributed by atoms with Gasteiger partial charge in [-0.15, -0.1) is 0 Å². The van der Waals surface area contributed by atoms with Gasteiger partial charge in [0.25, 0.3) is 0 Å². The summed E-state index contributed by atoms with van der Waals surface area (Å²) in [6.45, 7) is 5.47. The maximum Gasteiger partial charge on any atom is 0.124 e. The molecule has 0 radical (unpaired) electrons. The smallest absolute Gasteiger partial charge is 0.124 e. The normalized spacial score (nSPS) is 24.6. The first-order valence-electron chi connectivity index (χ1n) is 7.80. The van der Waals surface area contributed by atoms with Crippen molar-refractivity contribution in [1.82, 2.24) is 5.32 Å². The van der Waals surface area contributed by atoms with Crippen molar-refractivity contribution in [3.05, 3.63) is 34.6 Å². The average molecular weight is 298 g/mol. The Labute approximate surface area is 126 Å². The summed E-state index contributed by atoms with van der Waals surface area (Å²) in [5.74, 6) is 1.19. The molecule has 0 spiro atoms. The van der Waals surface area contributed by atoms with Crippen LogP contribution in [-0.4, -0.2) is 6.54 Å². The van der Waals surface area contributed by atoms with Crippen molar-refractivity contribution < 1.29 is 4.39 Å². The molecule has 1 aliphatic carbocycles. The highest BCUT2D eigenvalue weighted by Crippen LogP contribution is 2.38. The molecule has 0 bridgehead atoms. The zero-order valence-electron chi connectivity index (χ0n) is 12.5. The Balaban J connectivity index is 2.17. The topological polar surface area (TPSA) is 12.0 Å². The summed E-state index contributed by atoms with van der Waals surface area (Å²) >= 11 is 6.27. The second-order valence-electron chi connectivity index (χ2n) is 6.12. The lowest BCUT2D eigenvalue weighted by Gasteiger charge is -2.34. The number of hydrogen-bond acceptors (Lipinski definition) is 1. The molecule has 1 aliphatic rings. The van der Waals surface area contributed by atoms with E-state index < -0.39 is 0 Å². The van der Waals surface area contributed by atoms with Gasteiger partial charge in [0.15, 0.2) is 0 Å². The lowest BCUT2D eigenvalue weighted by molar-refractivity contribution is 0.231. The van der Waals surface area contributed by atoms with E-state index in [1.54, 1.807) is 0 Å². The van der Waals surface area contributed by atoms with Crippen LogP contribution >= 0.6 is 11.6 Å². The first-order valence-corrected chi connectivity index (χ1v) is 8.18. The van der Waals surface area contributed by atoms with Crippen LogP contribution < -0.4 is 5.32 Å². The molecule has 1 aromatic rings. The fourth-order valence-corrected chi connectivity index (χ4v) is 3.49. The summed E-state index contributed by atoms with van der Waals surface area (Å²) < 4.78 is 13.3. The number of nitrogens with one attached hydrogen (secondary N) is 1. The fourth-order valence-electron chi connectivity index (χ4n) is 3.20. The Morgan fingerprint density at radius 1 is 1.30 bits per heavy atom. The lowest BCUT2D eigenvalue weighted by atomic mass is 9.77. The second kappa shape index (κ2) is 7.42. The second-order valence-corrected chi connectivity index (χ2v) is 6.52. The van der Waals surface area contributed by atoms with Gasteiger partial charge in [-0.2, -0.15) is 0 Å². The molecular formula is C17H25ClFN. The van der Waals surface area contributed by atoms with Gasteiger partial charge < -0.3 is 5.32 Å². The zero-order valence-corrected chi connectivity index (χ0v) is 13.2. The van der Waals surface area contributed by atoms with Crippen molar-refractivity contribution in [3.63, 3.8) is 0 Å². The predicted molar refractivity (Wildman–Crippen MR) is 83.6 cm³/mol. The van der Waals surface area contributed by atoms with Gasteiger partial charge >= 0.3 is 0 Å². The fraction of sp³-hybridized carbons (Fsp3) is 0.647. The monoisotopic (exact) mass is 297 g/mol. The van der Waals surface area contributed by atoms with Gasteiger partial charge in [-0.1, -0.05) is 44.4 Å². The minimum absolute atomic E-state index is 0.259. The van der Waals surface area contributed by atoms with Crippen LogP contribution in [0.4, 0.5) is 4.39 Å². The van der Waals surface area contributed by atoms with Crippen molar-refractivity contribution >= 4 is 11.6 Å². The SMILES string of the molecule is CCCNC(c1ccc(F)cc1Cl)C1CCC(C)CC1. The Kier molecular flexibility index (Phi) is 5.86. The van der Waals surface area contributed by atoms with E-state index in [4.69, 9.17) is 11.6 Å². The van der Waals surface area contributed by atoms with E-state index in [0.717, 1.165) is 24.4 Å². The summed E-state index contributed by atoms with van der Waals surface area (Å²) in [6.07, 6.45) is 6.13. The number of benzene rings is 1. The van der Waals surface area contributed by atoms with Crippen molar-refractivity contribution in [2.45, 2.75) is 52.0 Å².